The van der Waals surface area contributed by atoms with Crippen molar-refractivity contribution in [3.8, 4) is 11.4 Å². The molecule has 2 aromatic heterocycles. The molecule has 1 fully saturated rings. The van der Waals surface area contributed by atoms with Gasteiger partial charge in [0, 0.05) is 43.0 Å². The fraction of sp³-hybridized carbons (Fsp3) is 0.321. The molecule has 0 bridgehead atoms. The van der Waals surface area contributed by atoms with Gasteiger partial charge in [0.15, 0.2) is 0 Å². The van der Waals surface area contributed by atoms with Gasteiger partial charge < -0.3 is 19.6 Å². The first kappa shape index (κ1) is 25.8. The van der Waals surface area contributed by atoms with Crippen molar-refractivity contribution in [2.24, 2.45) is 0 Å². The molecular weight excluding hydrogens is 504 g/mol. The van der Waals surface area contributed by atoms with Gasteiger partial charge >= 0.3 is 5.69 Å². The Labute approximate surface area is 226 Å². The van der Waals surface area contributed by atoms with Crippen molar-refractivity contribution in [3.63, 3.8) is 0 Å². The molecule has 1 N–H and O–H groups in total. The van der Waals surface area contributed by atoms with Gasteiger partial charge in [-0.1, -0.05) is 36.7 Å². The highest BCUT2D eigenvalue weighted by molar-refractivity contribution is 6.30. The molecule has 0 amide bonds. The normalized spacial score (nSPS) is 15.4. The Bertz CT molecular complexity index is 1410. The predicted octanol–water partition coefficient (Wildman–Crippen LogP) is 4.10. The van der Waals surface area contributed by atoms with E-state index in [9.17, 15) is 9.90 Å². The van der Waals surface area contributed by atoms with Crippen LogP contribution in [-0.4, -0.2) is 57.7 Å². The fourth-order valence-electron chi connectivity index (χ4n) is 4.84. The minimum absolute atomic E-state index is 0.327. The molecule has 0 spiro atoms. The van der Waals surface area contributed by atoms with E-state index >= 15 is 0 Å². The number of hydrogen-bond donors (Lipinski definition) is 1. The number of aliphatic hydroxyl groups is 1. The molecule has 1 saturated heterocycles. The number of halogens is 1. The van der Waals surface area contributed by atoms with E-state index in [2.05, 4.69) is 32.0 Å². The summed E-state index contributed by atoms with van der Waals surface area (Å²) in [6.07, 6.45) is 2.80. The highest BCUT2D eigenvalue weighted by atomic mass is 35.5. The molecule has 10 heteroatoms. The standard InChI is InChI=1S/C28H31ClN6O3/c1-3-25(27(36)20-7-9-21(29)10-8-20)35-28(37)34(19-31-35)23-11-12-26(30-18-23)33-15-13-32(14-16-33)22-5-4-6-24(17-22)38-2/h4-12,17-19,25,27,36H,3,13-16H2,1-2H3/t25-,27-/m1/s1. The lowest BCUT2D eigenvalue weighted by atomic mass is 10.0. The molecule has 3 heterocycles. The molecule has 0 radical (unpaired) electrons. The van der Waals surface area contributed by atoms with Crippen LogP contribution in [0.1, 0.15) is 31.1 Å². The van der Waals surface area contributed by atoms with E-state index in [4.69, 9.17) is 16.3 Å². The van der Waals surface area contributed by atoms with E-state index in [-0.39, 0.29) is 5.69 Å². The number of methoxy groups -OCH3 is 1. The van der Waals surface area contributed by atoms with Gasteiger partial charge in [-0.25, -0.2) is 19.0 Å². The number of ether oxygens (including phenoxy) is 1. The SMILES string of the molecule is CC[C@H]([C@H](O)c1ccc(Cl)cc1)n1ncn(-c2ccc(N3CCN(c4cccc(OC)c4)CC3)nc2)c1=O. The average molecular weight is 535 g/mol. The fourth-order valence-corrected chi connectivity index (χ4v) is 4.97. The highest BCUT2D eigenvalue weighted by Gasteiger charge is 2.25. The lowest BCUT2D eigenvalue weighted by molar-refractivity contribution is 0.101. The van der Waals surface area contributed by atoms with Crippen LogP contribution in [0.15, 0.2) is 78.0 Å². The Kier molecular flexibility index (Phi) is 7.67. The van der Waals surface area contributed by atoms with Crippen molar-refractivity contribution in [2.75, 3.05) is 43.1 Å². The maximum Gasteiger partial charge on any atom is 0.350 e. The molecule has 0 aliphatic carbocycles. The predicted molar refractivity (Wildman–Crippen MR) is 149 cm³/mol. The minimum atomic E-state index is -0.894. The first-order valence-corrected chi connectivity index (χ1v) is 13.1. The molecule has 198 valence electrons. The molecular formula is C28H31ClN6O3. The smallest absolute Gasteiger partial charge is 0.350 e. The van der Waals surface area contributed by atoms with Crippen LogP contribution in [0.3, 0.4) is 0 Å². The van der Waals surface area contributed by atoms with Gasteiger partial charge in [0.25, 0.3) is 0 Å². The van der Waals surface area contributed by atoms with E-state index in [0.29, 0.717) is 22.7 Å². The van der Waals surface area contributed by atoms with Crippen LogP contribution >= 0.6 is 11.6 Å². The Hall–Kier alpha value is -3.82. The first-order chi connectivity index (χ1) is 18.5. The van der Waals surface area contributed by atoms with E-state index < -0.39 is 12.1 Å². The summed E-state index contributed by atoms with van der Waals surface area (Å²) in [5.41, 5.74) is 2.12. The average Bonchev–Trinajstić information content (AvgIpc) is 3.34. The van der Waals surface area contributed by atoms with Gasteiger partial charge in [-0.3, -0.25) is 0 Å². The van der Waals surface area contributed by atoms with Crippen molar-refractivity contribution >= 4 is 23.1 Å². The molecule has 1 aliphatic rings. The second-order valence-corrected chi connectivity index (χ2v) is 9.69. The molecule has 1 aliphatic heterocycles. The minimum Gasteiger partial charge on any atom is -0.497 e. The highest BCUT2D eigenvalue weighted by Crippen LogP contribution is 2.29. The molecule has 2 aromatic carbocycles. The van der Waals surface area contributed by atoms with Gasteiger partial charge in [-0.05, 0) is 48.4 Å². The van der Waals surface area contributed by atoms with Gasteiger partial charge in [0.1, 0.15) is 24.0 Å². The molecule has 4 aromatic rings. The number of rotatable bonds is 8. The van der Waals surface area contributed by atoms with Gasteiger partial charge in [-0.2, -0.15) is 5.10 Å². The number of hydrogen-bond acceptors (Lipinski definition) is 7. The van der Waals surface area contributed by atoms with Gasteiger partial charge in [0.2, 0.25) is 0 Å². The lowest BCUT2D eigenvalue weighted by Gasteiger charge is -2.36. The summed E-state index contributed by atoms with van der Waals surface area (Å²) < 4.78 is 8.15. The molecule has 38 heavy (non-hydrogen) atoms. The summed E-state index contributed by atoms with van der Waals surface area (Å²) in [5, 5.41) is 15.9. The van der Waals surface area contributed by atoms with Crippen LogP contribution in [0.4, 0.5) is 11.5 Å². The number of piperazine rings is 1. The molecule has 0 saturated carbocycles. The third-order valence-corrected chi connectivity index (χ3v) is 7.29. The van der Waals surface area contributed by atoms with E-state index in [0.717, 1.165) is 43.4 Å². The number of pyridine rings is 1. The van der Waals surface area contributed by atoms with Crippen LogP contribution in [0, 0.1) is 0 Å². The summed E-state index contributed by atoms with van der Waals surface area (Å²) in [5.74, 6) is 1.72. The zero-order chi connectivity index (χ0) is 26.6. The van der Waals surface area contributed by atoms with Crippen molar-refractivity contribution < 1.29 is 9.84 Å². The number of benzene rings is 2. The van der Waals surface area contributed by atoms with Crippen LogP contribution in [0.25, 0.3) is 5.69 Å². The maximum atomic E-state index is 13.2. The first-order valence-electron chi connectivity index (χ1n) is 12.7. The third-order valence-electron chi connectivity index (χ3n) is 7.03. The molecule has 2 atom stereocenters. The summed E-state index contributed by atoms with van der Waals surface area (Å²) in [4.78, 5) is 22.5. The lowest BCUT2D eigenvalue weighted by Crippen LogP contribution is -2.46. The summed E-state index contributed by atoms with van der Waals surface area (Å²) in [7, 11) is 1.68. The molecule has 9 nitrogen and oxygen atoms in total. The zero-order valence-electron chi connectivity index (χ0n) is 21.4. The quantitative estimate of drug-likeness (QED) is 0.364. The van der Waals surface area contributed by atoms with Crippen molar-refractivity contribution in [1.82, 2.24) is 19.3 Å². The number of aliphatic hydroxyl groups excluding tert-OH is 1. The number of aromatic nitrogens is 4. The van der Waals surface area contributed by atoms with Gasteiger partial charge in [-0.15, -0.1) is 0 Å². The Balaban J connectivity index is 1.27. The topological polar surface area (TPSA) is 88.7 Å². The van der Waals surface area contributed by atoms with Crippen LogP contribution in [0.2, 0.25) is 5.02 Å². The number of anilines is 2. The van der Waals surface area contributed by atoms with Crippen molar-refractivity contribution in [1.29, 1.82) is 0 Å². The summed E-state index contributed by atoms with van der Waals surface area (Å²) >= 11 is 5.98. The van der Waals surface area contributed by atoms with E-state index in [1.54, 1.807) is 37.6 Å². The van der Waals surface area contributed by atoms with Crippen LogP contribution in [-0.2, 0) is 0 Å². The Morgan fingerprint density at radius 1 is 1.00 bits per heavy atom. The van der Waals surface area contributed by atoms with Gasteiger partial charge in [0.05, 0.1) is 25.0 Å². The largest absolute Gasteiger partial charge is 0.497 e. The van der Waals surface area contributed by atoms with Crippen LogP contribution < -0.4 is 20.2 Å². The monoisotopic (exact) mass is 534 g/mol. The maximum absolute atomic E-state index is 13.2. The Morgan fingerprint density at radius 2 is 1.74 bits per heavy atom. The summed E-state index contributed by atoms with van der Waals surface area (Å²) in [6, 6.07) is 18.4. The summed E-state index contributed by atoms with van der Waals surface area (Å²) in [6.45, 7) is 5.33. The second-order valence-electron chi connectivity index (χ2n) is 9.25. The van der Waals surface area contributed by atoms with Crippen molar-refractivity contribution in [3.05, 3.63) is 94.3 Å². The molecule has 5 rings (SSSR count). The van der Waals surface area contributed by atoms with E-state index in [1.165, 1.54) is 15.6 Å². The van der Waals surface area contributed by atoms with Crippen molar-refractivity contribution in [2.45, 2.75) is 25.5 Å². The Morgan fingerprint density at radius 3 is 2.39 bits per heavy atom. The second kappa shape index (κ2) is 11.3. The van der Waals surface area contributed by atoms with Crippen LogP contribution in [0.5, 0.6) is 5.75 Å². The van der Waals surface area contributed by atoms with E-state index in [1.807, 2.05) is 31.2 Å². The zero-order valence-corrected chi connectivity index (χ0v) is 22.2. The number of nitrogens with zero attached hydrogens (tertiary/aromatic N) is 6. The molecule has 0 unspecified atom stereocenters. The third kappa shape index (κ3) is 5.25.